The van der Waals surface area contributed by atoms with Crippen molar-refractivity contribution in [3.8, 4) is 0 Å². The van der Waals surface area contributed by atoms with E-state index in [-0.39, 0.29) is 0 Å². The van der Waals surface area contributed by atoms with Crippen LogP contribution in [0.5, 0.6) is 0 Å². The van der Waals surface area contributed by atoms with Gasteiger partial charge in [0.15, 0.2) is 0 Å². The molecule has 2 nitrogen and oxygen atoms in total. The third kappa shape index (κ3) is 4.84. The average Bonchev–Trinajstić information content (AvgIpc) is 2.15. The SMILES string of the molecule is CC1CC(C)CC(NCCN(C)C(C)C)C1. The maximum absolute atomic E-state index is 3.73. The standard InChI is InChI=1S/C14H30N2/c1-11(2)16(5)7-6-15-14-9-12(3)8-13(4)10-14/h11-15H,6-10H2,1-5H3. The van der Waals surface area contributed by atoms with Gasteiger partial charge >= 0.3 is 0 Å². The van der Waals surface area contributed by atoms with Gasteiger partial charge < -0.3 is 10.2 Å². The van der Waals surface area contributed by atoms with Crippen LogP contribution in [0.25, 0.3) is 0 Å². The summed E-state index contributed by atoms with van der Waals surface area (Å²) in [5.74, 6) is 1.81. The Balaban J connectivity index is 2.17. The van der Waals surface area contributed by atoms with E-state index in [4.69, 9.17) is 0 Å². The van der Waals surface area contributed by atoms with Crippen molar-refractivity contribution in [1.29, 1.82) is 0 Å². The number of nitrogens with zero attached hydrogens (tertiary/aromatic N) is 1. The Morgan fingerprint density at radius 2 is 1.69 bits per heavy atom. The first-order chi connectivity index (χ1) is 7.49. The summed E-state index contributed by atoms with van der Waals surface area (Å²) in [4.78, 5) is 2.41. The van der Waals surface area contributed by atoms with Crippen molar-refractivity contribution in [1.82, 2.24) is 10.2 Å². The summed E-state index contributed by atoms with van der Waals surface area (Å²) in [7, 11) is 2.21. The van der Waals surface area contributed by atoms with Crippen molar-refractivity contribution in [3.63, 3.8) is 0 Å². The zero-order chi connectivity index (χ0) is 12.1. The van der Waals surface area contributed by atoms with Gasteiger partial charge in [0.05, 0.1) is 0 Å². The highest BCUT2D eigenvalue weighted by Crippen LogP contribution is 2.28. The highest BCUT2D eigenvalue weighted by atomic mass is 15.1. The van der Waals surface area contributed by atoms with Crippen molar-refractivity contribution in [2.45, 2.75) is 59.0 Å². The van der Waals surface area contributed by atoms with Crippen molar-refractivity contribution >= 4 is 0 Å². The van der Waals surface area contributed by atoms with E-state index in [0.29, 0.717) is 6.04 Å². The van der Waals surface area contributed by atoms with Crippen LogP contribution in [0.15, 0.2) is 0 Å². The van der Waals surface area contributed by atoms with Gasteiger partial charge in [-0.3, -0.25) is 0 Å². The van der Waals surface area contributed by atoms with Crippen LogP contribution < -0.4 is 5.32 Å². The van der Waals surface area contributed by atoms with Gasteiger partial charge in [-0.25, -0.2) is 0 Å². The molecular weight excluding hydrogens is 196 g/mol. The molecule has 1 N–H and O–H groups in total. The fraction of sp³-hybridized carbons (Fsp3) is 1.00. The Labute approximate surface area is 102 Å². The zero-order valence-corrected chi connectivity index (χ0v) is 11.8. The van der Waals surface area contributed by atoms with Gasteiger partial charge in [-0.15, -0.1) is 0 Å². The summed E-state index contributed by atoms with van der Waals surface area (Å²) in [5.41, 5.74) is 0. The Hall–Kier alpha value is -0.0800. The van der Waals surface area contributed by atoms with Gasteiger partial charge in [0.25, 0.3) is 0 Å². The Morgan fingerprint density at radius 1 is 1.12 bits per heavy atom. The van der Waals surface area contributed by atoms with E-state index >= 15 is 0 Å². The summed E-state index contributed by atoms with van der Waals surface area (Å²) in [6.07, 6.45) is 4.16. The molecule has 0 saturated heterocycles. The number of nitrogens with one attached hydrogen (secondary N) is 1. The van der Waals surface area contributed by atoms with E-state index in [1.54, 1.807) is 0 Å². The van der Waals surface area contributed by atoms with Crippen LogP contribution in [0.4, 0.5) is 0 Å². The van der Waals surface area contributed by atoms with E-state index in [1.807, 2.05) is 0 Å². The number of hydrogen-bond donors (Lipinski definition) is 1. The second kappa shape index (κ2) is 6.61. The molecule has 1 aliphatic carbocycles. The maximum atomic E-state index is 3.73. The first kappa shape index (κ1) is 14.0. The molecule has 0 aromatic heterocycles. The summed E-state index contributed by atoms with van der Waals surface area (Å²) >= 11 is 0. The van der Waals surface area contributed by atoms with Crippen LogP contribution in [0.1, 0.15) is 47.0 Å². The second-order valence-electron chi connectivity index (χ2n) is 6.14. The normalized spacial score (nSPS) is 31.3. The minimum absolute atomic E-state index is 0.658. The Kier molecular flexibility index (Phi) is 5.77. The lowest BCUT2D eigenvalue weighted by Crippen LogP contribution is -2.41. The predicted molar refractivity (Wildman–Crippen MR) is 71.7 cm³/mol. The molecule has 2 atom stereocenters. The molecule has 0 bridgehead atoms. The molecule has 2 unspecified atom stereocenters. The van der Waals surface area contributed by atoms with Crippen LogP contribution in [-0.4, -0.2) is 37.1 Å². The van der Waals surface area contributed by atoms with Gasteiger partial charge in [0.1, 0.15) is 0 Å². The summed E-state index contributed by atoms with van der Waals surface area (Å²) in [6.45, 7) is 11.6. The third-order valence-electron chi connectivity index (χ3n) is 3.96. The fourth-order valence-corrected chi connectivity index (χ4v) is 2.82. The van der Waals surface area contributed by atoms with Crippen molar-refractivity contribution < 1.29 is 0 Å². The van der Waals surface area contributed by atoms with Gasteiger partial charge in [-0.1, -0.05) is 13.8 Å². The molecule has 1 saturated carbocycles. The van der Waals surface area contributed by atoms with E-state index in [9.17, 15) is 0 Å². The van der Waals surface area contributed by atoms with Crippen molar-refractivity contribution in [2.75, 3.05) is 20.1 Å². The number of hydrogen-bond acceptors (Lipinski definition) is 2. The molecule has 0 aromatic rings. The third-order valence-corrected chi connectivity index (χ3v) is 3.96. The Morgan fingerprint density at radius 3 is 2.19 bits per heavy atom. The van der Waals surface area contributed by atoms with Crippen LogP contribution in [0.2, 0.25) is 0 Å². The molecule has 2 heteroatoms. The first-order valence-electron chi connectivity index (χ1n) is 6.92. The van der Waals surface area contributed by atoms with Crippen LogP contribution in [0, 0.1) is 11.8 Å². The Bertz CT molecular complexity index is 181. The zero-order valence-electron chi connectivity index (χ0n) is 11.8. The molecule has 0 amide bonds. The average molecular weight is 226 g/mol. The van der Waals surface area contributed by atoms with Gasteiger partial charge in [0.2, 0.25) is 0 Å². The molecule has 1 aliphatic rings. The summed E-state index contributed by atoms with van der Waals surface area (Å²) < 4.78 is 0. The van der Waals surface area contributed by atoms with E-state index in [1.165, 1.54) is 19.3 Å². The van der Waals surface area contributed by atoms with E-state index < -0.39 is 0 Å². The second-order valence-corrected chi connectivity index (χ2v) is 6.14. The lowest BCUT2D eigenvalue weighted by molar-refractivity contribution is 0.222. The predicted octanol–water partition coefficient (Wildman–Crippen LogP) is 2.74. The van der Waals surface area contributed by atoms with Crippen molar-refractivity contribution in [3.05, 3.63) is 0 Å². The molecule has 16 heavy (non-hydrogen) atoms. The smallest absolute Gasteiger partial charge is 0.0107 e. The molecule has 1 fully saturated rings. The summed E-state index contributed by atoms with van der Waals surface area (Å²) in [5, 5.41) is 3.73. The molecule has 0 aromatic carbocycles. The van der Waals surface area contributed by atoms with E-state index in [2.05, 4.69) is 45.0 Å². The minimum atomic E-state index is 0.658. The fourth-order valence-electron chi connectivity index (χ4n) is 2.82. The molecule has 0 spiro atoms. The lowest BCUT2D eigenvalue weighted by Gasteiger charge is -2.32. The topological polar surface area (TPSA) is 15.3 Å². The minimum Gasteiger partial charge on any atom is -0.313 e. The molecule has 0 radical (unpaired) electrons. The largest absolute Gasteiger partial charge is 0.313 e. The van der Waals surface area contributed by atoms with Gasteiger partial charge in [-0.05, 0) is 52.0 Å². The van der Waals surface area contributed by atoms with Crippen molar-refractivity contribution in [2.24, 2.45) is 11.8 Å². The first-order valence-corrected chi connectivity index (χ1v) is 6.92. The number of likely N-dealkylation sites (N-methyl/N-ethyl adjacent to an activating group) is 1. The van der Waals surface area contributed by atoms with Gasteiger partial charge in [0, 0.05) is 25.2 Å². The quantitative estimate of drug-likeness (QED) is 0.775. The van der Waals surface area contributed by atoms with Gasteiger partial charge in [-0.2, -0.15) is 0 Å². The molecule has 1 rings (SSSR count). The maximum Gasteiger partial charge on any atom is 0.0107 e. The highest BCUT2D eigenvalue weighted by molar-refractivity contribution is 4.79. The lowest BCUT2D eigenvalue weighted by atomic mass is 9.80. The number of rotatable bonds is 5. The van der Waals surface area contributed by atoms with Crippen LogP contribution >= 0.6 is 0 Å². The molecule has 96 valence electrons. The van der Waals surface area contributed by atoms with Crippen LogP contribution in [0.3, 0.4) is 0 Å². The monoisotopic (exact) mass is 226 g/mol. The molecule has 0 heterocycles. The summed E-state index contributed by atoms with van der Waals surface area (Å²) in [6, 6.07) is 1.42. The van der Waals surface area contributed by atoms with E-state index in [0.717, 1.165) is 31.0 Å². The van der Waals surface area contributed by atoms with Crippen LogP contribution in [-0.2, 0) is 0 Å². The molecular formula is C14H30N2. The molecule has 0 aliphatic heterocycles. The highest BCUT2D eigenvalue weighted by Gasteiger charge is 2.23.